The highest BCUT2D eigenvalue weighted by molar-refractivity contribution is 5.24. The van der Waals surface area contributed by atoms with Crippen molar-refractivity contribution in [3.05, 3.63) is 36.5 Å². The van der Waals surface area contributed by atoms with E-state index in [1.807, 2.05) is 0 Å². The first-order valence-corrected chi connectivity index (χ1v) is 3.94. The van der Waals surface area contributed by atoms with Gasteiger partial charge in [0.25, 0.3) is 0 Å². The molecule has 0 aliphatic carbocycles. The molecular formula is C8H8N4O2. The maximum atomic E-state index is 8.83. The van der Waals surface area contributed by atoms with E-state index in [9.17, 15) is 0 Å². The number of aromatic nitrogens is 4. The van der Waals surface area contributed by atoms with E-state index in [0.29, 0.717) is 11.4 Å². The quantitative estimate of drug-likeness (QED) is 0.635. The molecule has 0 aromatic carbocycles. The van der Waals surface area contributed by atoms with Gasteiger partial charge in [-0.15, -0.1) is 0 Å². The lowest BCUT2D eigenvalue weighted by Gasteiger charge is -2.03. The zero-order chi connectivity index (χ0) is 9.97. The fraction of sp³-hybridized carbons (Fsp3) is 0.125. The van der Waals surface area contributed by atoms with Gasteiger partial charge in [0.15, 0.2) is 12.1 Å². The summed E-state index contributed by atoms with van der Waals surface area (Å²) >= 11 is 0. The highest BCUT2D eigenvalue weighted by Gasteiger charge is 2.03. The average molecular weight is 192 g/mol. The predicted molar refractivity (Wildman–Crippen MR) is 46.3 cm³/mol. The maximum Gasteiger partial charge on any atom is 0.179 e. The van der Waals surface area contributed by atoms with Crippen LogP contribution in [0.25, 0.3) is 5.82 Å². The second kappa shape index (κ2) is 3.52. The van der Waals surface area contributed by atoms with Crippen LogP contribution >= 0.6 is 0 Å². The van der Waals surface area contributed by atoms with Gasteiger partial charge in [-0.2, -0.15) is 5.10 Å². The van der Waals surface area contributed by atoms with Gasteiger partial charge >= 0.3 is 0 Å². The second-order valence-corrected chi connectivity index (χ2v) is 2.66. The van der Waals surface area contributed by atoms with Crippen LogP contribution in [0.15, 0.2) is 31.0 Å². The van der Waals surface area contributed by atoms with E-state index in [0.717, 1.165) is 0 Å². The van der Waals surface area contributed by atoms with E-state index in [2.05, 4.69) is 15.1 Å². The van der Waals surface area contributed by atoms with E-state index in [1.54, 1.807) is 12.1 Å². The minimum Gasteiger partial charge on any atom is -0.364 e. The van der Waals surface area contributed by atoms with Gasteiger partial charge in [0, 0.05) is 11.8 Å². The normalized spacial score (nSPS) is 10.8. The molecule has 2 N–H and O–H groups in total. The maximum absolute atomic E-state index is 8.83. The Kier molecular flexibility index (Phi) is 2.21. The second-order valence-electron chi connectivity index (χ2n) is 2.66. The first kappa shape index (κ1) is 8.79. The van der Waals surface area contributed by atoms with Gasteiger partial charge in [0.2, 0.25) is 0 Å². The number of aliphatic hydroxyl groups excluding tert-OH is 1. The lowest BCUT2D eigenvalue weighted by Crippen LogP contribution is -2.00. The topological polar surface area (TPSA) is 84.1 Å². The van der Waals surface area contributed by atoms with Crippen LogP contribution in [-0.2, 0) is 0 Å². The van der Waals surface area contributed by atoms with Crippen molar-refractivity contribution < 1.29 is 10.2 Å². The number of rotatable bonds is 2. The zero-order valence-electron chi connectivity index (χ0n) is 7.15. The molecule has 0 radical (unpaired) electrons. The molecule has 6 heteroatoms. The van der Waals surface area contributed by atoms with Gasteiger partial charge < -0.3 is 10.2 Å². The Morgan fingerprint density at radius 3 is 2.64 bits per heavy atom. The van der Waals surface area contributed by atoms with Gasteiger partial charge in [-0.3, -0.25) is 0 Å². The zero-order valence-corrected chi connectivity index (χ0v) is 7.15. The van der Waals surface area contributed by atoms with Crippen LogP contribution in [-0.4, -0.2) is 30.0 Å². The fourth-order valence-electron chi connectivity index (χ4n) is 1.01. The van der Waals surface area contributed by atoms with Crippen molar-refractivity contribution in [2.45, 2.75) is 6.29 Å². The summed E-state index contributed by atoms with van der Waals surface area (Å²) in [6.07, 6.45) is 2.79. The van der Waals surface area contributed by atoms with Crippen LogP contribution < -0.4 is 0 Å². The van der Waals surface area contributed by atoms with Crippen molar-refractivity contribution in [3.63, 3.8) is 0 Å². The highest BCUT2D eigenvalue weighted by atomic mass is 16.5. The van der Waals surface area contributed by atoms with Gasteiger partial charge in [-0.1, -0.05) is 0 Å². The molecule has 0 aliphatic heterocycles. The van der Waals surface area contributed by atoms with Crippen molar-refractivity contribution in [2.75, 3.05) is 0 Å². The molecule has 2 heterocycles. The Balaban J connectivity index is 2.31. The lowest BCUT2D eigenvalue weighted by molar-refractivity contribution is -0.0427. The van der Waals surface area contributed by atoms with Crippen LogP contribution in [0.1, 0.15) is 11.9 Å². The van der Waals surface area contributed by atoms with Crippen LogP contribution in [0, 0.1) is 0 Å². The average Bonchev–Trinajstić information content (AvgIpc) is 2.71. The summed E-state index contributed by atoms with van der Waals surface area (Å²) in [5, 5.41) is 21.5. The summed E-state index contributed by atoms with van der Waals surface area (Å²) in [7, 11) is 0. The summed E-state index contributed by atoms with van der Waals surface area (Å²) in [5.74, 6) is 0.576. The first-order valence-electron chi connectivity index (χ1n) is 3.94. The van der Waals surface area contributed by atoms with Crippen molar-refractivity contribution >= 4 is 0 Å². The molecule has 2 aromatic heterocycles. The van der Waals surface area contributed by atoms with E-state index in [1.165, 1.54) is 23.5 Å². The molecule has 2 rings (SSSR count). The molecule has 14 heavy (non-hydrogen) atoms. The molecule has 0 aliphatic rings. The molecule has 6 nitrogen and oxygen atoms in total. The molecule has 0 unspecified atom stereocenters. The van der Waals surface area contributed by atoms with E-state index >= 15 is 0 Å². The van der Waals surface area contributed by atoms with Crippen molar-refractivity contribution in [1.29, 1.82) is 0 Å². The molecule has 2 aromatic rings. The van der Waals surface area contributed by atoms with E-state index in [4.69, 9.17) is 10.2 Å². The summed E-state index contributed by atoms with van der Waals surface area (Å²) < 4.78 is 1.48. The van der Waals surface area contributed by atoms with Crippen molar-refractivity contribution in [2.24, 2.45) is 0 Å². The molecule has 0 atom stereocenters. The van der Waals surface area contributed by atoms with E-state index in [-0.39, 0.29) is 0 Å². The predicted octanol–water partition coefficient (Wildman–Crippen LogP) is -0.355. The van der Waals surface area contributed by atoms with Crippen LogP contribution in [0.4, 0.5) is 0 Å². The highest BCUT2D eigenvalue weighted by Crippen LogP contribution is 2.09. The third-order valence-corrected chi connectivity index (χ3v) is 1.72. The number of hydrogen-bond acceptors (Lipinski definition) is 5. The number of hydrogen-bond donors (Lipinski definition) is 2. The lowest BCUT2D eigenvalue weighted by atomic mass is 10.3. The summed E-state index contributed by atoms with van der Waals surface area (Å²) in [4.78, 5) is 7.75. The van der Waals surface area contributed by atoms with Gasteiger partial charge in [-0.05, 0) is 12.1 Å². The van der Waals surface area contributed by atoms with Gasteiger partial charge in [0.05, 0.1) is 0 Å². The molecule has 0 bridgehead atoms. The largest absolute Gasteiger partial charge is 0.364 e. The summed E-state index contributed by atoms with van der Waals surface area (Å²) in [5.41, 5.74) is 0.342. The molecule has 0 saturated heterocycles. The molecule has 0 saturated carbocycles. The first-order chi connectivity index (χ1) is 6.77. The number of aliphatic hydroxyl groups is 2. The van der Waals surface area contributed by atoms with Crippen LogP contribution in [0.5, 0.6) is 0 Å². The summed E-state index contributed by atoms with van der Waals surface area (Å²) in [6, 6.07) is 3.19. The standard InChI is InChI=1S/C8H8N4O2/c13-8(14)6-1-2-7(10-3-6)12-5-9-4-11-12/h1-5,8,13-14H. The minimum absolute atomic E-state index is 0.342. The molecule has 0 amide bonds. The summed E-state index contributed by atoms with van der Waals surface area (Å²) in [6.45, 7) is 0. The van der Waals surface area contributed by atoms with E-state index < -0.39 is 6.29 Å². The number of nitrogens with zero attached hydrogens (tertiary/aromatic N) is 4. The number of pyridine rings is 1. The Hall–Kier alpha value is -1.79. The van der Waals surface area contributed by atoms with Crippen molar-refractivity contribution in [3.8, 4) is 5.82 Å². The Morgan fingerprint density at radius 1 is 1.29 bits per heavy atom. The van der Waals surface area contributed by atoms with Crippen LogP contribution in [0.3, 0.4) is 0 Å². The van der Waals surface area contributed by atoms with Gasteiger partial charge in [0.1, 0.15) is 12.7 Å². The Morgan fingerprint density at radius 2 is 2.14 bits per heavy atom. The Labute approximate surface area is 79.5 Å². The van der Waals surface area contributed by atoms with Crippen LogP contribution in [0.2, 0.25) is 0 Å². The van der Waals surface area contributed by atoms with Crippen molar-refractivity contribution in [1.82, 2.24) is 19.7 Å². The Bertz CT molecular complexity index is 396. The fourth-order valence-corrected chi connectivity index (χ4v) is 1.01. The van der Waals surface area contributed by atoms with Gasteiger partial charge in [-0.25, -0.2) is 14.6 Å². The molecule has 0 fully saturated rings. The SMILES string of the molecule is OC(O)c1ccc(-n2cncn2)nc1. The monoisotopic (exact) mass is 192 g/mol. The minimum atomic E-state index is -1.49. The third-order valence-electron chi connectivity index (χ3n) is 1.72. The molecular weight excluding hydrogens is 184 g/mol. The smallest absolute Gasteiger partial charge is 0.179 e. The third kappa shape index (κ3) is 1.61. The molecule has 72 valence electrons. The molecule has 0 spiro atoms.